The third kappa shape index (κ3) is 3.55. The van der Waals surface area contributed by atoms with Crippen molar-refractivity contribution in [2.24, 2.45) is 0 Å². The highest BCUT2D eigenvalue weighted by Gasteiger charge is 2.31. The van der Waals surface area contributed by atoms with E-state index >= 15 is 0 Å². The molecule has 3 aromatic rings. The monoisotopic (exact) mass is 422 g/mol. The van der Waals surface area contributed by atoms with E-state index in [9.17, 15) is 9.59 Å². The number of esters is 1. The highest BCUT2D eigenvalue weighted by atomic mass is 32.1. The molecule has 0 radical (unpaired) electrons. The van der Waals surface area contributed by atoms with E-state index in [0.29, 0.717) is 44.6 Å². The summed E-state index contributed by atoms with van der Waals surface area (Å²) in [7, 11) is 3.11. The third-order valence-electron chi connectivity index (χ3n) is 4.69. The normalized spacial score (nSPS) is 13.7. The molecule has 2 aromatic carbocycles. The van der Waals surface area contributed by atoms with E-state index < -0.39 is 5.97 Å². The maximum absolute atomic E-state index is 12.8. The highest BCUT2D eigenvalue weighted by molar-refractivity contribution is 7.12. The lowest BCUT2D eigenvalue weighted by Gasteiger charge is -2.10. The summed E-state index contributed by atoms with van der Waals surface area (Å²) in [6.07, 6.45) is 1.62. The smallest absolute Gasteiger partial charge is 0.353 e. The van der Waals surface area contributed by atoms with Gasteiger partial charge in [0.05, 0.1) is 19.8 Å². The van der Waals surface area contributed by atoms with Gasteiger partial charge in [-0.25, -0.2) is 4.79 Å². The van der Waals surface area contributed by atoms with Crippen LogP contribution in [0, 0.1) is 6.92 Å². The minimum Gasteiger partial charge on any atom is -0.497 e. The molecule has 2 heterocycles. The van der Waals surface area contributed by atoms with Gasteiger partial charge in [-0.15, -0.1) is 11.3 Å². The minimum absolute atomic E-state index is 0.165. The number of hydrogen-bond acceptors (Lipinski definition) is 7. The van der Waals surface area contributed by atoms with Gasteiger partial charge in [0.25, 0.3) is 0 Å². The fourth-order valence-electron chi connectivity index (χ4n) is 3.10. The van der Waals surface area contributed by atoms with Gasteiger partial charge >= 0.3 is 5.97 Å². The third-order valence-corrected chi connectivity index (χ3v) is 5.54. The van der Waals surface area contributed by atoms with Gasteiger partial charge in [0, 0.05) is 17.2 Å². The van der Waals surface area contributed by atoms with E-state index in [1.54, 1.807) is 75.1 Å². The molecule has 6 nitrogen and oxygen atoms in total. The molecule has 0 fully saturated rings. The molecule has 30 heavy (non-hydrogen) atoms. The quantitative estimate of drug-likeness (QED) is 0.331. The summed E-state index contributed by atoms with van der Waals surface area (Å²) in [5.41, 5.74) is 1.68. The van der Waals surface area contributed by atoms with Crippen LogP contribution in [-0.2, 0) is 0 Å². The van der Waals surface area contributed by atoms with Gasteiger partial charge in [-0.1, -0.05) is 6.07 Å². The van der Waals surface area contributed by atoms with Crippen molar-refractivity contribution in [1.29, 1.82) is 0 Å². The lowest BCUT2D eigenvalue weighted by molar-refractivity contribution is 0.0738. The Kier molecular flexibility index (Phi) is 5.29. The van der Waals surface area contributed by atoms with Crippen molar-refractivity contribution >= 4 is 29.2 Å². The second-order valence-corrected chi connectivity index (χ2v) is 7.43. The topological polar surface area (TPSA) is 71.1 Å². The molecule has 0 amide bonds. The molecule has 0 unspecified atom stereocenters. The number of rotatable bonds is 5. The summed E-state index contributed by atoms with van der Waals surface area (Å²) in [4.78, 5) is 25.6. The van der Waals surface area contributed by atoms with Gasteiger partial charge in [-0.05, 0) is 48.7 Å². The van der Waals surface area contributed by atoms with Crippen LogP contribution in [0.25, 0.3) is 6.08 Å². The van der Waals surface area contributed by atoms with E-state index in [4.69, 9.17) is 18.9 Å². The molecule has 7 heteroatoms. The fourth-order valence-corrected chi connectivity index (χ4v) is 3.70. The SMILES string of the molecule is COc1ccc(/C=C2\Oc3c(ccc(OC(=O)c4cccs4)c3C)C2=O)c(OC)c1. The molecule has 1 aliphatic heterocycles. The molecule has 4 rings (SSSR count). The summed E-state index contributed by atoms with van der Waals surface area (Å²) in [5.74, 6) is 1.40. The van der Waals surface area contributed by atoms with Crippen LogP contribution in [0.4, 0.5) is 0 Å². The number of carbonyl (C=O) groups is 2. The van der Waals surface area contributed by atoms with Crippen LogP contribution in [0.3, 0.4) is 0 Å². The lowest BCUT2D eigenvalue weighted by atomic mass is 10.1. The summed E-state index contributed by atoms with van der Waals surface area (Å²) < 4.78 is 21.9. The minimum atomic E-state index is -0.448. The number of ketones is 1. The number of Topliss-reactive ketones (excluding diaryl/α,β-unsaturated/α-hetero) is 1. The van der Waals surface area contributed by atoms with Crippen LogP contribution in [0.1, 0.15) is 31.2 Å². The Balaban J connectivity index is 1.64. The summed E-state index contributed by atoms with van der Waals surface area (Å²) in [6, 6.07) is 12.0. The first-order chi connectivity index (χ1) is 14.5. The predicted molar refractivity (Wildman–Crippen MR) is 113 cm³/mol. The van der Waals surface area contributed by atoms with E-state index in [2.05, 4.69) is 0 Å². The Labute approximate surface area is 177 Å². The first-order valence-corrected chi connectivity index (χ1v) is 9.95. The van der Waals surface area contributed by atoms with Gasteiger partial charge in [0.15, 0.2) is 5.76 Å². The zero-order valence-corrected chi connectivity index (χ0v) is 17.4. The zero-order valence-electron chi connectivity index (χ0n) is 16.6. The predicted octanol–water partition coefficient (Wildman–Crippen LogP) is 4.91. The number of benzene rings is 2. The zero-order chi connectivity index (χ0) is 21.3. The van der Waals surface area contributed by atoms with Crippen molar-refractivity contribution < 1.29 is 28.5 Å². The first kappa shape index (κ1) is 19.7. The molecule has 1 aromatic heterocycles. The maximum Gasteiger partial charge on any atom is 0.353 e. The molecule has 0 saturated carbocycles. The first-order valence-electron chi connectivity index (χ1n) is 9.07. The maximum atomic E-state index is 12.8. The van der Waals surface area contributed by atoms with Crippen LogP contribution in [-0.4, -0.2) is 26.0 Å². The van der Waals surface area contributed by atoms with Crippen LogP contribution < -0.4 is 18.9 Å². The average molecular weight is 422 g/mol. The van der Waals surface area contributed by atoms with E-state index in [1.807, 2.05) is 0 Å². The van der Waals surface area contributed by atoms with E-state index in [-0.39, 0.29) is 11.5 Å². The highest BCUT2D eigenvalue weighted by Crippen LogP contribution is 2.40. The molecule has 0 N–H and O–H groups in total. The number of thiophene rings is 1. The molecule has 1 aliphatic rings. The van der Waals surface area contributed by atoms with Crippen molar-refractivity contribution in [3.63, 3.8) is 0 Å². The number of methoxy groups -OCH3 is 2. The van der Waals surface area contributed by atoms with Crippen molar-refractivity contribution in [3.05, 3.63) is 75.2 Å². The van der Waals surface area contributed by atoms with Crippen molar-refractivity contribution in [2.45, 2.75) is 6.92 Å². The lowest BCUT2D eigenvalue weighted by Crippen LogP contribution is -2.07. The van der Waals surface area contributed by atoms with Crippen molar-refractivity contribution in [3.8, 4) is 23.0 Å². The second kappa shape index (κ2) is 8.04. The molecular weight excluding hydrogens is 404 g/mol. The molecule has 0 atom stereocenters. The van der Waals surface area contributed by atoms with Gasteiger partial charge in [-0.3, -0.25) is 4.79 Å². The summed E-state index contributed by atoms with van der Waals surface area (Å²) in [6.45, 7) is 1.75. The summed E-state index contributed by atoms with van der Waals surface area (Å²) >= 11 is 1.30. The molecule has 0 saturated heterocycles. The number of hydrogen-bond donors (Lipinski definition) is 0. The van der Waals surface area contributed by atoms with E-state index in [0.717, 1.165) is 0 Å². The summed E-state index contributed by atoms with van der Waals surface area (Å²) in [5, 5.41) is 1.80. The number of ether oxygens (including phenoxy) is 4. The second-order valence-electron chi connectivity index (χ2n) is 6.48. The largest absolute Gasteiger partial charge is 0.497 e. The van der Waals surface area contributed by atoms with Crippen LogP contribution in [0.2, 0.25) is 0 Å². The molecular formula is C23H18O6S. The van der Waals surface area contributed by atoms with Crippen molar-refractivity contribution in [2.75, 3.05) is 14.2 Å². The fraction of sp³-hybridized carbons (Fsp3) is 0.130. The van der Waals surface area contributed by atoms with Gasteiger partial charge in [0.2, 0.25) is 5.78 Å². The average Bonchev–Trinajstić information content (AvgIpc) is 3.40. The number of fused-ring (bicyclic) bond motifs is 1. The van der Waals surface area contributed by atoms with Gasteiger partial charge < -0.3 is 18.9 Å². The number of allylic oxidation sites excluding steroid dienone is 1. The van der Waals surface area contributed by atoms with E-state index in [1.165, 1.54) is 11.3 Å². The Morgan fingerprint density at radius 1 is 1.07 bits per heavy atom. The number of carbonyl (C=O) groups excluding carboxylic acids is 2. The van der Waals surface area contributed by atoms with Gasteiger partial charge in [-0.2, -0.15) is 0 Å². The Hall–Kier alpha value is -3.58. The van der Waals surface area contributed by atoms with Gasteiger partial charge in [0.1, 0.15) is 27.9 Å². The van der Waals surface area contributed by atoms with Crippen LogP contribution in [0.15, 0.2) is 53.6 Å². The molecule has 0 spiro atoms. The molecule has 152 valence electrons. The molecule has 0 bridgehead atoms. The Bertz CT molecular complexity index is 1160. The van der Waals surface area contributed by atoms with Crippen LogP contribution in [0.5, 0.6) is 23.0 Å². The van der Waals surface area contributed by atoms with Crippen molar-refractivity contribution in [1.82, 2.24) is 0 Å². The standard InChI is InChI=1S/C23H18O6S/c1-13-17(29-23(25)20-5-4-10-30-20)9-8-16-21(24)19(28-22(13)16)11-14-6-7-15(26-2)12-18(14)27-3/h4-12H,1-3H3/b19-11-. The molecule has 0 aliphatic carbocycles. The Morgan fingerprint density at radius 3 is 2.60 bits per heavy atom. The Morgan fingerprint density at radius 2 is 1.90 bits per heavy atom. The van der Waals surface area contributed by atoms with Crippen LogP contribution >= 0.6 is 11.3 Å².